The van der Waals surface area contributed by atoms with Crippen molar-refractivity contribution in [3.8, 4) is 0 Å². The Labute approximate surface area is 149 Å². The number of ether oxygens (including phenoxy) is 2. The van der Waals surface area contributed by atoms with E-state index in [4.69, 9.17) is 9.47 Å². The van der Waals surface area contributed by atoms with E-state index in [9.17, 15) is 9.59 Å². The molecule has 0 unspecified atom stereocenters. The van der Waals surface area contributed by atoms with Crippen LogP contribution in [-0.2, 0) is 19.7 Å². The van der Waals surface area contributed by atoms with Gasteiger partial charge in [0, 0.05) is 12.6 Å². The number of nitrogens with one attached hydrogen (secondary N) is 1. The number of hydrogen-bond acceptors (Lipinski definition) is 4. The van der Waals surface area contributed by atoms with Crippen LogP contribution in [0.15, 0.2) is 30.3 Å². The predicted molar refractivity (Wildman–Crippen MR) is 95.4 cm³/mol. The van der Waals surface area contributed by atoms with Gasteiger partial charge in [0.15, 0.2) is 6.10 Å². The lowest BCUT2D eigenvalue weighted by atomic mass is 9.79. The number of amides is 2. The van der Waals surface area contributed by atoms with Gasteiger partial charge in [-0.15, -0.1) is 0 Å². The molecule has 2 amide bonds. The molecule has 1 N–H and O–H groups in total. The lowest BCUT2D eigenvalue weighted by molar-refractivity contribution is -0.158. The number of esters is 1. The fraction of sp³-hybridized carbons (Fsp3) is 0.579. The summed E-state index contributed by atoms with van der Waals surface area (Å²) in [6.45, 7) is 7.36. The number of nitrogens with zero attached hydrogens (tertiary/aromatic N) is 1. The predicted octanol–water partition coefficient (Wildman–Crippen LogP) is 2.33. The van der Waals surface area contributed by atoms with E-state index in [2.05, 4.69) is 31.3 Å². The van der Waals surface area contributed by atoms with Crippen LogP contribution in [-0.4, -0.2) is 55.9 Å². The van der Waals surface area contributed by atoms with Gasteiger partial charge in [0.2, 0.25) is 0 Å². The van der Waals surface area contributed by atoms with Crippen LogP contribution in [0.5, 0.6) is 0 Å². The molecule has 0 spiro atoms. The minimum Gasteiger partial charge on any atom is -0.467 e. The van der Waals surface area contributed by atoms with Gasteiger partial charge in [0.1, 0.15) is 0 Å². The van der Waals surface area contributed by atoms with Crippen LogP contribution in [0.25, 0.3) is 0 Å². The van der Waals surface area contributed by atoms with Gasteiger partial charge in [-0.25, -0.2) is 9.59 Å². The van der Waals surface area contributed by atoms with Crippen molar-refractivity contribution in [2.45, 2.75) is 44.8 Å². The summed E-state index contributed by atoms with van der Waals surface area (Å²) in [5.74, 6) is -0.448. The van der Waals surface area contributed by atoms with Crippen LogP contribution in [0.2, 0.25) is 0 Å². The van der Waals surface area contributed by atoms with E-state index in [1.807, 2.05) is 25.1 Å². The van der Waals surface area contributed by atoms with Crippen molar-refractivity contribution in [1.82, 2.24) is 10.2 Å². The van der Waals surface area contributed by atoms with Gasteiger partial charge in [-0.2, -0.15) is 0 Å². The Bertz CT molecular complexity index is 588. The number of rotatable bonds is 5. The minimum atomic E-state index is -0.708. The maximum absolute atomic E-state index is 12.5. The fourth-order valence-electron chi connectivity index (χ4n) is 3.23. The van der Waals surface area contributed by atoms with E-state index in [0.717, 1.165) is 6.42 Å². The zero-order valence-electron chi connectivity index (χ0n) is 15.5. The molecule has 1 aromatic rings. The molecule has 6 heteroatoms. The number of benzene rings is 1. The first kappa shape index (κ1) is 19.2. The Morgan fingerprint density at radius 3 is 2.68 bits per heavy atom. The number of urea groups is 1. The van der Waals surface area contributed by atoms with Crippen molar-refractivity contribution in [3.63, 3.8) is 0 Å². The number of carbonyl (C=O) groups excluding carboxylic acids is 2. The summed E-state index contributed by atoms with van der Waals surface area (Å²) < 4.78 is 10.0. The maximum atomic E-state index is 12.5. The van der Waals surface area contributed by atoms with Crippen molar-refractivity contribution in [2.75, 3.05) is 26.8 Å². The molecular weight excluding hydrogens is 320 g/mol. The van der Waals surface area contributed by atoms with Crippen molar-refractivity contribution >= 4 is 12.0 Å². The van der Waals surface area contributed by atoms with Gasteiger partial charge < -0.3 is 19.7 Å². The molecule has 2 atom stereocenters. The highest BCUT2D eigenvalue weighted by molar-refractivity contribution is 5.78. The second-order valence-electron chi connectivity index (χ2n) is 7.13. The normalized spacial score (nSPS) is 19.2. The van der Waals surface area contributed by atoms with Crippen molar-refractivity contribution in [3.05, 3.63) is 35.9 Å². The maximum Gasteiger partial charge on any atom is 0.336 e. The molecule has 1 aliphatic rings. The summed E-state index contributed by atoms with van der Waals surface area (Å²) in [6.07, 6.45) is 0.105. The van der Waals surface area contributed by atoms with Crippen molar-refractivity contribution < 1.29 is 19.1 Å². The smallest absolute Gasteiger partial charge is 0.336 e. The third-order valence-electron chi connectivity index (χ3n) is 4.56. The summed E-state index contributed by atoms with van der Waals surface area (Å²) in [4.78, 5) is 25.7. The first-order chi connectivity index (χ1) is 11.8. The third kappa shape index (κ3) is 5.19. The standard InChI is InChI=1S/C19H28N2O4/c1-14(12-19(2,3)15-8-6-5-7-9-15)20-18(23)21-10-11-25-16(13-21)17(22)24-4/h5-9,14,16H,10-13H2,1-4H3,(H,20,23)/t14-,16-/m0/s1. The topological polar surface area (TPSA) is 67.9 Å². The van der Waals surface area contributed by atoms with Crippen LogP contribution in [0.3, 0.4) is 0 Å². The van der Waals surface area contributed by atoms with E-state index in [1.165, 1.54) is 12.7 Å². The Morgan fingerprint density at radius 2 is 2.04 bits per heavy atom. The number of methoxy groups -OCH3 is 1. The second kappa shape index (κ2) is 8.34. The van der Waals surface area contributed by atoms with Gasteiger partial charge in [-0.05, 0) is 24.3 Å². The van der Waals surface area contributed by atoms with Crippen molar-refractivity contribution in [2.24, 2.45) is 0 Å². The number of hydrogen-bond donors (Lipinski definition) is 1. The van der Waals surface area contributed by atoms with E-state index < -0.39 is 12.1 Å². The van der Waals surface area contributed by atoms with E-state index in [1.54, 1.807) is 4.90 Å². The van der Waals surface area contributed by atoms with E-state index in [0.29, 0.717) is 13.2 Å². The highest BCUT2D eigenvalue weighted by atomic mass is 16.6. The molecule has 0 saturated carbocycles. The molecule has 25 heavy (non-hydrogen) atoms. The highest BCUT2D eigenvalue weighted by Crippen LogP contribution is 2.28. The zero-order chi connectivity index (χ0) is 18.4. The summed E-state index contributed by atoms with van der Waals surface area (Å²) in [5.41, 5.74) is 1.20. The Morgan fingerprint density at radius 1 is 1.36 bits per heavy atom. The molecule has 1 fully saturated rings. The summed E-state index contributed by atoms with van der Waals surface area (Å²) >= 11 is 0. The molecule has 0 bridgehead atoms. The third-order valence-corrected chi connectivity index (χ3v) is 4.56. The summed E-state index contributed by atoms with van der Waals surface area (Å²) in [6, 6.07) is 10.1. The lowest BCUT2D eigenvalue weighted by Crippen LogP contribution is -2.53. The average molecular weight is 348 g/mol. The highest BCUT2D eigenvalue weighted by Gasteiger charge is 2.31. The largest absolute Gasteiger partial charge is 0.467 e. The second-order valence-corrected chi connectivity index (χ2v) is 7.13. The Hall–Kier alpha value is -2.08. The monoisotopic (exact) mass is 348 g/mol. The van der Waals surface area contributed by atoms with Crippen LogP contribution in [0, 0.1) is 0 Å². The Kier molecular flexibility index (Phi) is 6.42. The van der Waals surface area contributed by atoms with Gasteiger partial charge >= 0.3 is 12.0 Å². The molecule has 0 aliphatic carbocycles. The zero-order valence-corrected chi connectivity index (χ0v) is 15.5. The molecule has 138 valence electrons. The lowest BCUT2D eigenvalue weighted by Gasteiger charge is -2.34. The summed E-state index contributed by atoms with van der Waals surface area (Å²) in [5, 5.41) is 3.03. The van der Waals surface area contributed by atoms with Crippen LogP contribution < -0.4 is 5.32 Å². The fourth-order valence-corrected chi connectivity index (χ4v) is 3.23. The summed E-state index contributed by atoms with van der Waals surface area (Å²) in [7, 11) is 1.32. The first-order valence-corrected chi connectivity index (χ1v) is 8.64. The quantitative estimate of drug-likeness (QED) is 0.829. The molecule has 1 heterocycles. The molecular formula is C19H28N2O4. The molecule has 1 saturated heterocycles. The Balaban J connectivity index is 1.90. The first-order valence-electron chi connectivity index (χ1n) is 8.64. The van der Waals surface area contributed by atoms with Gasteiger partial charge in [-0.3, -0.25) is 0 Å². The average Bonchev–Trinajstić information content (AvgIpc) is 2.61. The van der Waals surface area contributed by atoms with Crippen LogP contribution in [0.1, 0.15) is 32.8 Å². The van der Waals surface area contributed by atoms with Crippen molar-refractivity contribution in [1.29, 1.82) is 0 Å². The molecule has 0 aromatic heterocycles. The van der Waals surface area contributed by atoms with E-state index in [-0.39, 0.29) is 24.0 Å². The molecule has 2 rings (SSSR count). The molecule has 6 nitrogen and oxygen atoms in total. The molecule has 1 aliphatic heterocycles. The van der Waals surface area contributed by atoms with Gasteiger partial charge in [-0.1, -0.05) is 44.2 Å². The van der Waals surface area contributed by atoms with Crippen LogP contribution in [0.4, 0.5) is 4.79 Å². The SMILES string of the molecule is COC(=O)[C@@H]1CN(C(=O)N[C@@H](C)CC(C)(C)c2ccccc2)CCO1. The minimum absolute atomic E-state index is 0.00197. The number of morpholine rings is 1. The van der Waals surface area contributed by atoms with Crippen LogP contribution >= 0.6 is 0 Å². The van der Waals surface area contributed by atoms with Gasteiger partial charge in [0.05, 0.1) is 20.3 Å². The number of carbonyl (C=O) groups is 2. The van der Waals surface area contributed by atoms with E-state index >= 15 is 0 Å². The van der Waals surface area contributed by atoms with Gasteiger partial charge in [0.25, 0.3) is 0 Å². The molecule has 0 radical (unpaired) electrons. The molecule has 1 aromatic carbocycles.